The van der Waals surface area contributed by atoms with Crippen molar-refractivity contribution in [2.45, 2.75) is 6.54 Å². The number of nitro benzene ring substituents is 1. The molecule has 0 aliphatic rings. The van der Waals surface area contributed by atoms with Crippen molar-refractivity contribution >= 4 is 11.7 Å². The Hall–Kier alpha value is -2.46. The van der Waals surface area contributed by atoms with Crippen LogP contribution in [0.5, 0.6) is 0 Å². The van der Waals surface area contributed by atoms with E-state index in [4.69, 9.17) is 16.1 Å². The Balaban J connectivity index is 3.64. The van der Waals surface area contributed by atoms with Crippen LogP contribution in [-0.2, 0) is 6.54 Å². The molecule has 0 aromatic heterocycles. The zero-order valence-corrected chi connectivity index (χ0v) is 8.01. The number of aromatic carboxylic acids is 1. The summed E-state index contributed by atoms with van der Waals surface area (Å²) in [5.41, 5.74) is 4.00. The summed E-state index contributed by atoms with van der Waals surface area (Å²) in [4.78, 5) is 20.7. The maximum atomic E-state index is 10.8. The maximum Gasteiger partial charge on any atom is 0.337 e. The van der Waals surface area contributed by atoms with E-state index in [1.807, 2.05) is 0 Å². The number of rotatable bonds is 3. The van der Waals surface area contributed by atoms with Crippen molar-refractivity contribution in [3.63, 3.8) is 0 Å². The fraction of sp³-hybridized carbons (Fsp3) is 0.111. The zero-order chi connectivity index (χ0) is 12.3. The second-order valence-corrected chi connectivity index (χ2v) is 2.87. The highest BCUT2D eigenvalue weighted by molar-refractivity contribution is 5.92. The topological polar surface area (TPSA) is 130 Å². The molecule has 16 heavy (non-hydrogen) atoms. The molecule has 1 aromatic carbocycles. The van der Waals surface area contributed by atoms with Crippen molar-refractivity contribution in [3.8, 4) is 6.07 Å². The summed E-state index contributed by atoms with van der Waals surface area (Å²) < 4.78 is 0. The van der Waals surface area contributed by atoms with Crippen LogP contribution in [0.25, 0.3) is 0 Å². The van der Waals surface area contributed by atoms with Crippen LogP contribution in [-0.4, -0.2) is 16.0 Å². The number of carbonyl (C=O) groups is 1. The summed E-state index contributed by atoms with van der Waals surface area (Å²) in [5.74, 6) is -1.39. The van der Waals surface area contributed by atoms with Gasteiger partial charge in [0, 0.05) is 12.1 Å². The Morgan fingerprint density at radius 3 is 2.62 bits per heavy atom. The minimum atomic E-state index is -1.39. The predicted molar refractivity (Wildman–Crippen MR) is 52.7 cm³/mol. The fourth-order valence-electron chi connectivity index (χ4n) is 1.30. The van der Waals surface area contributed by atoms with Crippen LogP contribution in [0.3, 0.4) is 0 Å². The van der Waals surface area contributed by atoms with Gasteiger partial charge in [-0.05, 0) is 12.1 Å². The number of carboxylic acid groups (broad SMARTS) is 1. The van der Waals surface area contributed by atoms with Gasteiger partial charge in [0.05, 0.1) is 10.5 Å². The van der Waals surface area contributed by atoms with E-state index in [9.17, 15) is 14.9 Å². The van der Waals surface area contributed by atoms with Crippen molar-refractivity contribution in [2.24, 2.45) is 5.73 Å². The first kappa shape index (κ1) is 11.6. The minimum absolute atomic E-state index is 0.131. The van der Waals surface area contributed by atoms with Crippen molar-refractivity contribution in [3.05, 3.63) is 38.9 Å². The van der Waals surface area contributed by atoms with Crippen LogP contribution < -0.4 is 5.73 Å². The molecule has 0 atom stereocenters. The first-order valence-electron chi connectivity index (χ1n) is 4.16. The molecule has 0 bridgehead atoms. The number of hydrogen-bond acceptors (Lipinski definition) is 5. The van der Waals surface area contributed by atoms with Gasteiger partial charge in [0.25, 0.3) is 5.69 Å². The van der Waals surface area contributed by atoms with Crippen LogP contribution in [0.2, 0.25) is 0 Å². The van der Waals surface area contributed by atoms with Gasteiger partial charge in [0.2, 0.25) is 0 Å². The molecule has 82 valence electrons. The highest BCUT2D eigenvalue weighted by Crippen LogP contribution is 2.26. The average molecular weight is 221 g/mol. The molecule has 1 rings (SSSR count). The SMILES string of the molecule is N#Cc1c(C(=O)O)ccc(CN)c1[N+](=O)[O-]. The molecule has 0 aliphatic carbocycles. The summed E-state index contributed by atoms with van der Waals surface area (Å²) in [7, 11) is 0. The third-order valence-corrected chi connectivity index (χ3v) is 2.01. The van der Waals surface area contributed by atoms with E-state index in [1.165, 1.54) is 12.1 Å². The number of benzene rings is 1. The lowest BCUT2D eigenvalue weighted by atomic mass is 10.0. The average Bonchev–Trinajstić information content (AvgIpc) is 2.26. The van der Waals surface area contributed by atoms with Gasteiger partial charge in [0.1, 0.15) is 11.6 Å². The lowest BCUT2D eigenvalue weighted by Crippen LogP contribution is -2.08. The van der Waals surface area contributed by atoms with Gasteiger partial charge in [0.15, 0.2) is 0 Å². The smallest absolute Gasteiger partial charge is 0.337 e. The number of nitriles is 1. The monoisotopic (exact) mass is 221 g/mol. The van der Waals surface area contributed by atoms with E-state index in [2.05, 4.69) is 0 Å². The van der Waals surface area contributed by atoms with Gasteiger partial charge >= 0.3 is 5.97 Å². The van der Waals surface area contributed by atoms with Gasteiger partial charge in [-0.3, -0.25) is 10.1 Å². The molecule has 0 spiro atoms. The number of nitrogens with two attached hydrogens (primary N) is 1. The number of hydrogen-bond donors (Lipinski definition) is 2. The quantitative estimate of drug-likeness (QED) is 0.568. The maximum absolute atomic E-state index is 10.8. The molecule has 0 unspecified atom stereocenters. The summed E-state index contributed by atoms with van der Waals surface area (Å²) in [5, 5.41) is 28.3. The summed E-state index contributed by atoms with van der Waals surface area (Å²) in [6.45, 7) is -0.134. The van der Waals surface area contributed by atoms with Gasteiger partial charge in [-0.15, -0.1) is 0 Å². The third kappa shape index (κ3) is 1.82. The van der Waals surface area contributed by atoms with E-state index in [0.29, 0.717) is 0 Å². The third-order valence-electron chi connectivity index (χ3n) is 2.01. The Bertz CT molecular complexity index is 504. The van der Waals surface area contributed by atoms with Gasteiger partial charge in [-0.1, -0.05) is 0 Å². The number of carboxylic acids is 1. The molecule has 0 saturated carbocycles. The Labute approximate surface area is 89.9 Å². The van der Waals surface area contributed by atoms with Crippen LogP contribution in [0.1, 0.15) is 21.5 Å². The summed E-state index contributed by atoms with van der Waals surface area (Å²) in [6.07, 6.45) is 0. The van der Waals surface area contributed by atoms with E-state index in [1.54, 1.807) is 0 Å². The highest BCUT2D eigenvalue weighted by Gasteiger charge is 2.25. The predicted octanol–water partition coefficient (Wildman–Crippen LogP) is 0.623. The molecule has 0 heterocycles. The van der Waals surface area contributed by atoms with Crippen LogP contribution in [0.4, 0.5) is 5.69 Å². The van der Waals surface area contributed by atoms with Crippen molar-refractivity contribution in [1.29, 1.82) is 5.26 Å². The number of nitrogens with zero attached hydrogens (tertiary/aromatic N) is 2. The molecule has 0 aliphatic heterocycles. The molecular formula is C9H7N3O4. The standard InChI is InChI=1S/C9H7N3O4/c10-3-5-1-2-6(9(13)14)7(4-11)8(5)12(15)16/h1-2H,3,10H2,(H,13,14). The van der Waals surface area contributed by atoms with Crippen LogP contribution >= 0.6 is 0 Å². The molecule has 7 nitrogen and oxygen atoms in total. The highest BCUT2D eigenvalue weighted by atomic mass is 16.6. The molecule has 1 aromatic rings. The van der Waals surface area contributed by atoms with E-state index < -0.39 is 27.7 Å². The number of nitro groups is 1. The van der Waals surface area contributed by atoms with E-state index >= 15 is 0 Å². The van der Waals surface area contributed by atoms with Crippen molar-refractivity contribution < 1.29 is 14.8 Å². The molecular weight excluding hydrogens is 214 g/mol. The van der Waals surface area contributed by atoms with Gasteiger partial charge in [-0.25, -0.2) is 4.79 Å². The van der Waals surface area contributed by atoms with E-state index in [0.717, 1.165) is 6.07 Å². The van der Waals surface area contributed by atoms with E-state index in [-0.39, 0.29) is 12.1 Å². The second kappa shape index (κ2) is 4.37. The minimum Gasteiger partial charge on any atom is -0.478 e. The van der Waals surface area contributed by atoms with Crippen molar-refractivity contribution in [1.82, 2.24) is 0 Å². The Kier molecular flexibility index (Phi) is 3.17. The van der Waals surface area contributed by atoms with Crippen molar-refractivity contribution in [2.75, 3.05) is 0 Å². The van der Waals surface area contributed by atoms with Crippen LogP contribution in [0, 0.1) is 21.4 Å². The first-order chi connectivity index (χ1) is 7.52. The fourth-order valence-corrected chi connectivity index (χ4v) is 1.30. The van der Waals surface area contributed by atoms with Gasteiger partial charge < -0.3 is 10.8 Å². The largest absolute Gasteiger partial charge is 0.478 e. The van der Waals surface area contributed by atoms with Crippen LogP contribution in [0.15, 0.2) is 12.1 Å². The Morgan fingerprint density at radius 2 is 2.25 bits per heavy atom. The first-order valence-corrected chi connectivity index (χ1v) is 4.16. The molecule has 0 radical (unpaired) electrons. The molecule has 0 saturated heterocycles. The lowest BCUT2D eigenvalue weighted by molar-refractivity contribution is -0.385. The molecule has 3 N–H and O–H groups in total. The molecule has 0 fully saturated rings. The molecule has 7 heteroatoms. The lowest BCUT2D eigenvalue weighted by Gasteiger charge is -2.04. The summed E-state index contributed by atoms with van der Waals surface area (Å²) >= 11 is 0. The Morgan fingerprint density at radius 1 is 1.62 bits per heavy atom. The molecule has 0 amide bonds. The normalized spacial score (nSPS) is 9.50. The zero-order valence-electron chi connectivity index (χ0n) is 8.01. The summed E-state index contributed by atoms with van der Waals surface area (Å²) in [6, 6.07) is 3.90. The second-order valence-electron chi connectivity index (χ2n) is 2.87. The van der Waals surface area contributed by atoms with Gasteiger partial charge in [-0.2, -0.15) is 5.26 Å².